The third-order valence-corrected chi connectivity index (χ3v) is 4.26. The van der Waals surface area contributed by atoms with E-state index in [0.717, 1.165) is 16.8 Å². The van der Waals surface area contributed by atoms with E-state index in [1.165, 1.54) is 4.57 Å². The molecule has 0 N–H and O–H groups in total. The molecule has 3 aromatic rings. The number of hydrogen-bond donors (Lipinski definition) is 0. The van der Waals surface area contributed by atoms with Crippen LogP contribution in [0.4, 0.5) is 4.79 Å². The van der Waals surface area contributed by atoms with Crippen molar-refractivity contribution >= 4 is 17.6 Å². The van der Waals surface area contributed by atoms with E-state index in [9.17, 15) is 4.79 Å². The Kier molecular flexibility index (Phi) is 5.19. The molecular weight excluding hydrogens is 334 g/mol. The second-order valence-electron chi connectivity index (χ2n) is 6.16. The zero-order valence-electron chi connectivity index (χ0n) is 14.3. The third kappa shape index (κ3) is 4.09. The van der Waals surface area contributed by atoms with Crippen LogP contribution in [0.3, 0.4) is 0 Å². The van der Waals surface area contributed by atoms with Gasteiger partial charge in [0.15, 0.2) is 0 Å². The molecule has 1 aromatic heterocycles. The van der Waals surface area contributed by atoms with Gasteiger partial charge in [0.05, 0.1) is 5.69 Å². The number of aromatic nitrogens is 2. The van der Waals surface area contributed by atoms with Gasteiger partial charge in [-0.05, 0) is 31.5 Å². The Labute approximate surface area is 152 Å². The van der Waals surface area contributed by atoms with Gasteiger partial charge in [0.25, 0.3) is 0 Å². The fourth-order valence-corrected chi connectivity index (χ4v) is 2.72. The first-order chi connectivity index (χ1) is 12.0. The van der Waals surface area contributed by atoms with Crippen LogP contribution in [0.1, 0.15) is 19.4 Å². The molecule has 0 fully saturated rings. The standard InChI is InChI=1S/C20H20ClN3O/c1-15(2)24(12-16-6-4-3-5-7-16)20(25)23-13-19(22-14-23)17-8-10-18(21)11-9-17/h3-11,13-15H,12H2,1-2H3. The van der Waals surface area contributed by atoms with E-state index in [2.05, 4.69) is 4.98 Å². The second-order valence-corrected chi connectivity index (χ2v) is 6.60. The molecule has 0 saturated carbocycles. The van der Waals surface area contributed by atoms with Crippen LogP contribution >= 0.6 is 11.6 Å². The molecule has 3 rings (SSSR count). The lowest BCUT2D eigenvalue weighted by molar-refractivity contribution is 0.181. The molecule has 25 heavy (non-hydrogen) atoms. The number of imidazole rings is 1. The average molecular weight is 354 g/mol. The number of halogens is 1. The number of amides is 1. The first-order valence-electron chi connectivity index (χ1n) is 8.19. The Morgan fingerprint density at radius 2 is 1.80 bits per heavy atom. The van der Waals surface area contributed by atoms with Crippen LogP contribution < -0.4 is 0 Å². The molecular formula is C20H20ClN3O. The fourth-order valence-electron chi connectivity index (χ4n) is 2.60. The number of nitrogens with zero attached hydrogens (tertiary/aromatic N) is 3. The molecule has 0 aliphatic heterocycles. The largest absolute Gasteiger partial charge is 0.329 e. The maximum absolute atomic E-state index is 12.9. The molecule has 0 aliphatic rings. The van der Waals surface area contributed by atoms with Crippen LogP contribution in [0.15, 0.2) is 67.1 Å². The summed E-state index contributed by atoms with van der Waals surface area (Å²) in [5.74, 6) is 0. The predicted molar refractivity (Wildman–Crippen MR) is 101 cm³/mol. The second kappa shape index (κ2) is 7.53. The van der Waals surface area contributed by atoms with E-state index < -0.39 is 0 Å². The predicted octanol–water partition coefficient (Wildman–Crippen LogP) is 5.08. The highest BCUT2D eigenvalue weighted by molar-refractivity contribution is 6.30. The van der Waals surface area contributed by atoms with Gasteiger partial charge >= 0.3 is 6.03 Å². The van der Waals surface area contributed by atoms with Gasteiger partial charge in [-0.3, -0.25) is 4.57 Å². The first kappa shape index (κ1) is 17.2. The quantitative estimate of drug-likeness (QED) is 0.655. The molecule has 0 saturated heterocycles. The summed E-state index contributed by atoms with van der Waals surface area (Å²) in [4.78, 5) is 19.1. The summed E-state index contributed by atoms with van der Waals surface area (Å²) in [7, 11) is 0. The molecule has 0 radical (unpaired) electrons. The summed E-state index contributed by atoms with van der Waals surface area (Å²) in [5, 5.41) is 0.674. The minimum absolute atomic E-state index is 0.0779. The van der Waals surface area contributed by atoms with Crippen molar-refractivity contribution in [1.29, 1.82) is 0 Å². The summed E-state index contributed by atoms with van der Waals surface area (Å²) < 4.78 is 1.53. The van der Waals surface area contributed by atoms with Crippen molar-refractivity contribution in [3.05, 3.63) is 77.7 Å². The van der Waals surface area contributed by atoms with Gasteiger partial charge in [-0.2, -0.15) is 0 Å². The van der Waals surface area contributed by atoms with E-state index in [4.69, 9.17) is 11.6 Å². The topological polar surface area (TPSA) is 38.1 Å². The van der Waals surface area contributed by atoms with Gasteiger partial charge in [-0.15, -0.1) is 0 Å². The Morgan fingerprint density at radius 3 is 2.44 bits per heavy atom. The number of carbonyl (C=O) groups excluding carboxylic acids is 1. The molecule has 0 bridgehead atoms. The van der Waals surface area contributed by atoms with Crippen LogP contribution in [-0.2, 0) is 6.54 Å². The van der Waals surface area contributed by atoms with Gasteiger partial charge in [-0.1, -0.05) is 54.1 Å². The Morgan fingerprint density at radius 1 is 1.12 bits per heavy atom. The normalized spacial score (nSPS) is 10.9. The van der Waals surface area contributed by atoms with Crippen molar-refractivity contribution in [2.45, 2.75) is 26.4 Å². The minimum atomic E-state index is -0.0911. The SMILES string of the molecule is CC(C)N(Cc1ccccc1)C(=O)n1cnc(-c2ccc(Cl)cc2)c1. The Bertz CT molecular complexity index is 841. The smallest absolute Gasteiger partial charge is 0.317 e. The van der Waals surface area contributed by atoms with Crippen molar-refractivity contribution in [1.82, 2.24) is 14.5 Å². The number of rotatable bonds is 4. The summed E-state index contributed by atoms with van der Waals surface area (Å²) in [5.41, 5.74) is 2.77. The van der Waals surface area contributed by atoms with E-state index >= 15 is 0 Å². The van der Waals surface area contributed by atoms with Gasteiger partial charge in [0.1, 0.15) is 6.33 Å². The highest BCUT2D eigenvalue weighted by Crippen LogP contribution is 2.20. The lowest BCUT2D eigenvalue weighted by Crippen LogP contribution is -2.38. The summed E-state index contributed by atoms with van der Waals surface area (Å²) >= 11 is 5.92. The van der Waals surface area contributed by atoms with Crippen LogP contribution in [-0.4, -0.2) is 26.5 Å². The van der Waals surface area contributed by atoms with Gasteiger partial charge in [-0.25, -0.2) is 9.78 Å². The molecule has 1 amide bonds. The van der Waals surface area contributed by atoms with E-state index in [1.807, 2.05) is 73.3 Å². The van der Waals surface area contributed by atoms with Gasteiger partial charge in [0.2, 0.25) is 0 Å². The summed E-state index contributed by atoms with van der Waals surface area (Å²) in [6, 6.07) is 17.4. The monoisotopic (exact) mass is 353 g/mol. The fraction of sp³-hybridized carbons (Fsp3) is 0.200. The molecule has 0 unspecified atom stereocenters. The molecule has 0 aliphatic carbocycles. The van der Waals surface area contributed by atoms with Gasteiger partial charge < -0.3 is 4.90 Å². The lowest BCUT2D eigenvalue weighted by atomic mass is 10.2. The van der Waals surface area contributed by atoms with Crippen molar-refractivity contribution in [2.24, 2.45) is 0 Å². The van der Waals surface area contributed by atoms with Crippen LogP contribution in [0, 0.1) is 0 Å². The molecule has 4 nitrogen and oxygen atoms in total. The van der Waals surface area contributed by atoms with E-state index in [-0.39, 0.29) is 12.1 Å². The molecule has 5 heteroatoms. The zero-order valence-corrected chi connectivity index (χ0v) is 15.0. The van der Waals surface area contributed by atoms with Crippen LogP contribution in [0.2, 0.25) is 5.02 Å². The Hall–Kier alpha value is -2.59. The molecule has 1 heterocycles. The molecule has 2 aromatic carbocycles. The van der Waals surface area contributed by atoms with Crippen molar-refractivity contribution in [3.8, 4) is 11.3 Å². The maximum Gasteiger partial charge on any atom is 0.329 e. The Balaban J connectivity index is 1.82. The lowest BCUT2D eigenvalue weighted by Gasteiger charge is -2.26. The van der Waals surface area contributed by atoms with E-state index in [0.29, 0.717) is 11.6 Å². The first-order valence-corrected chi connectivity index (χ1v) is 8.57. The molecule has 0 atom stereocenters. The van der Waals surface area contributed by atoms with Crippen molar-refractivity contribution < 1.29 is 4.79 Å². The molecule has 128 valence electrons. The number of benzene rings is 2. The summed E-state index contributed by atoms with van der Waals surface area (Å²) in [6.07, 6.45) is 3.32. The maximum atomic E-state index is 12.9. The van der Waals surface area contributed by atoms with Crippen molar-refractivity contribution in [2.75, 3.05) is 0 Å². The highest BCUT2D eigenvalue weighted by Gasteiger charge is 2.19. The zero-order chi connectivity index (χ0) is 17.8. The number of carbonyl (C=O) groups is 1. The number of hydrogen-bond acceptors (Lipinski definition) is 2. The van der Waals surface area contributed by atoms with Crippen LogP contribution in [0.5, 0.6) is 0 Å². The van der Waals surface area contributed by atoms with Crippen molar-refractivity contribution in [3.63, 3.8) is 0 Å². The van der Waals surface area contributed by atoms with Crippen LogP contribution in [0.25, 0.3) is 11.3 Å². The van der Waals surface area contributed by atoms with E-state index in [1.54, 1.807) is 12.5 Å². The van der Waals surface area contributed by atoms with Gasteiger partial charge in [0, 0.05) is 29.4 Å². The third-order valence-electron chi connectivity index (χ3n) is 4.01. The molecule has 0 spiro atoms. The minimum Gasteiger partial charge on any atom is -0.317 e. The average Bonchev–Trinajstić information content (AvgIpc) is 3.10. The highest BCUT2D eigenvalue weighted by atomic mass is 35.5. The summed E-state index contributed by atoms with van der Waals surface area (Å²) in [6.45, 7) is 4.58.